The maximum atomic E-state index is 12.8. The molecule has 2 amide bonds. The van der Waals surface area contributed by atoms with Crippen LogP contribution >= 0.6 is 0 Å². The summed E-state index contributed by atoms with van der Waals surface area (Å²) in [5.74, 6) is 1.67. The second-order valence-corrected chi connectivity index (χ2v) is 8.11. The molecule has 7 heteroatoms. The quantitative estimate of drug-likeness (QED) is 0.497. The largest absolute Gasteiger partial charge is 0.497 e. The zero-order valence-electron chi connectivity index (χ0n) is 18.6. The highest BCUT2D eigenvalue weighted by atomic mass is 16.5. The van der Waals surface area contributed by atoms with Gasteiger partial charge in [0.1, 0.15) is 5.75 Å². The zero-order chi connectivity index (χ0) is 22.6. The molecule has 1 N–H and O–H groups in total. The Kier molecular flexibility index (Phi) is 5.85. The van der Waals surface area contributed by atoms with Gasteiger partial charge in [0.25, 0.3) is 0 Å². The molecule has 1 aromatic heterocycles. The third-order valence-corrected chi connectivity index (χ3v) is 5.99. The number of anilines is 2. The van der Waals surface area contributed by atoms with E-state index < -0.39 is 0 Å². The van der Waals surface area contributed by atoms with Gasteiger partial charge >= 0.3 is 6.03 Å². The van der Waals surface area contributed by atoms with Gasteiger partial charge in [-0.2, -0.15) is 0 Å². The summed E-state index contributed by atoms with van der Waals surface area (Å²) in [4.78, 5) is 21.9. The minimum Gasteiger partial charge on any atom is -0.497 e. The number of aromatic nitrogens is 2. The van der Waals surface area contributed by atoms with Gasteiger partial charge in [0.15, 0.2) is 0 Å². The fourth-order valence-corrected chi connectivity index (χ4v) is 4.24. The molecule has 33 heavy (non-hydrogen) atoms. The molecule has 0 radical (unpaired) electrons. The van der Waals surface area contributed by atoms with Crippen LogP contribution in [0.3, 0.4) is 0 Å². The Morgan fingerprint density at radius 3 is 2.48 bits per heavy atom. The number of hydrogen-bond donors (Lipinski definition) is 1. The zero-order valence-corrected chi connectivity index (χ0v) is 18.6. The molecule has 0 aliphatic carbocycles. The second-order valence-electron chi connectivity index (χ2n) is 8.11. The van der Waals surface area contributed by atoms with Crippen LogP contribution in [0.4, 0.5) is 16.4 Å². The molecule has 0 unspecified atom stereocenters. The summed E-state index contributed by atoms with van der Waals surface area (Å²) in [5.41, 5.74) is 4.07. The number of benzene rings is 3. The van der Waals surface area contributed by atoms with Crippen LogP contribution < -0.4 is 15.0 Å². The van der Waals surface area contributed by atoms with Crippen molar-refractivity contribution >= 4 is 28.7 Å². The Labute approximate surface area is 193 Å². The van der Waals surface area contributed by atoms with Crippen LogP contribution in [0.2, 0.25) is 0 Å². The van der Waals surface area contributed by atoms with Gasteiger partial charge in [0, 0.05) is 37.9 Å². The first-order valence-electron chi connectivity index (χ1n) is 11.2. The van der Waals surface area contributed by atoms with Crippen LogP contribution in [0.5, 0.6) is 5.75 Å². The van der Waals surface area contributed by atoms with Gasteiger partial charge < -0.3 is 24.4 Å². The number of nitrogens with zero attached hydrogens (tertiary/aromatic N) is 4. The van der Waals surface area contributed by atoms with Gasteiger partial charge in [0.05, 0.1) is 24.7 Å². The number of urea groups is 1. The van der Waals surface area contributed by atoms with Crippen molar-refractivity contribution in [1.29, 1.82) is 0 Å². The number of piperazine rings is 1. The Balaban J connectivity index is 1.31. The lowest BCUT2D eigenvalue weighted by Crippen LogP contribution is -2.50. The van der Waals surface area contributed by atoms with Gasteiger partial charge in [-0.3, -0.25) is 0 Å². The summed E-state index contributed by atoms with van der Waals surface area (Å²) >= 11 is 0. The van der Waals surface area contributed by atoms with E-state index >= 15 is 0 Å². The molecule has 1 fully saturated rings. The molecule has 168 valence electrons. The van der Waals surface area contributed by atoms with E-state index in [0.29, 0.717) is 13.1 Å². The summed E-state index contributed by atoms with van der Waals surface area (Å²) in [7, 11) is 1.62. The summed E-state index contributed by atoms with van der Waals surface area (Å²) in [6, 6.07) is 26.0. The van der Waals surface area contributed by atoms with E-state index in [1.54, 1.807) is 7.11 Å². The Hall–Kier alpha value is -4.00. The summed E-state index contributed by atoms with van der Waals surface area (Å²) in [6.45, 7) is 3.47. The lowest BCUT2D eigenvalue weighted by molar-refractivity contribution is 0.208. The molecular formula is C26H27N5O2. The van der Waals surface area contributed by atoms with Crippen molar-refractivity contribution < 1.29 is 9.53 Å². The number of rotatable bonds is 5. The molecule has 7 nitrogen and oxygen atoms in total. The second kappa shape index (κ2) is 9.24. The minimum atomic E-state index is -0.0966. The average Bonchev–Trinajstić information content (AvgIpc) is 3.23. The third-order valence-electron chi connectivity index (χ3n) is 5.99. The fraction of sp³-hybridized carbons (Fsp3) is 0.231. The number of nitrogens with one attached hydrogen (secondary N) is 1. The molecule has 0 saturated carbocycles. The lowest BCUT2D eigenvalue weighted by Gasteiger charge is -2.35. The number of para-hydroxylation sites is 2. The fourth-order valence-electron chi connectivity index (χ4n) is 4.24. The first kappa shape index (κ1) is 20.9. The van der Waals surface area contributed by atoms with Crippen molar-refractivity contribution in [1.82, 2.24) is 14.5 Å². The van der Waals surface area contributed by atoms with E-state index in [1.165, 1.54) is 5.56 Å². The minimum absolute atomic E-state index is 0.0966. The van der Waals surface area contributed by atoms with Crippen molar-refractivity contribution in [3.05, 3.63) is 84.4 Å². The molecular weight excluding hydrogens is 414 g/mol. The van der Waals surface area contributed by atoms with Crippen molar-refractivity contribution in [3.63, 3.8) is 0 Å². The molecule has 2 heterocycles. The molecule has 0 bridgehead atoms. The third kappa shape index (κ3) is 4.48. The van der Waals surface area contributed by atoms with E-state index in [2.05, 4.69) is 57.2 Å². The maximum Gasteiger partial charge on any atom is 0.321 e. The Morgan fingerprint density at radius 1 is 0.939 bits per heavy atom. The van der Waals surface area contributed by atoms with Crippen molar-refractivity contribution in [3.8, 4) is 5.75 Å². The molecule has 1 aliphatic rings. The first-order chi connectivity index (χ1) is 16.2. The van der Waals surface area contributed by atoms with Crippen LogP contribution in [-0.2, 0) is 6.54 Å². The van der Waals surface area contributed by atoms with Crippen LogP contribution in [-0.4, -0.2) is 53.8 Å². The number of carbonyl (C=O) groups excluding carboxylic acids is 1. The van der Waals surface area contributed by atoms with Crippen LogP contribution in [0.15, 0.2) is 78.9 Å². The summed E-state index contributed by atoms with van der Waals surface area (Å²) < 4.78 is 7.52. The van der Waals surface area contributed by atoms with Gasteiger partial charge in [-0.15, -0.1) is 0 Å². The number of fused-ring (bicyclic) bond motifs is 1. The van der Waals surface area contributed by atoms with Gasteiger partial charge in [-0.1, -0.05) is 48.5 Å². The van der Waals surface area contributed by atoms with Crippen molar-refractivity contribution in [2.24, 2.45) is 0 Å². The van der Waals surface area contributed by atoms with E-state index in [4.69, 9.17) is 9.72 Å². The van der Waals surface area contributed by atoms with E-state index in [9.17, 15) is 4.79 Å². The number of methoxy groups -OCH3 is 1. The van der Waals surface area contributed by atoms with E-state index in [-0.39, 0.29) is 6.03 Å². The highest BCUT2D eigenvalue weighted by molar-refractivity contribution is 5.89. The monoisotopic (exact) mass is 441 g/mol. The Morgan fingerprint density at radius 2 is 1.70 bits per heavy atom. The average molecular weight is 442 g/mol. The number of carbonyl (C=O) groups is 1. The smallest absolute Gasteiger partial charge is 0.321 e. The van der Waals surface area contributed by atoms with Crippen LogP contribution in [0.25, 0.3) is 11.0 Å². The molecule has 1 saturated heterocycles. The molecule has 4 aromatic rings. The number of amides is 2. The SMILES string of the molecule is COc1cccc(NC(=O)N2CCN(c3nc4ccccc4n3Cc3ccccc3)CC2)c1. The van der Waals surface area contributed by atoms with Crippen LogP contribution in [0, 0.1) is 0 Å². The van der Waals surface area contributed by atoms with Crippen molar-refractivity contribution in [2.45, 2.75) is 6.54 Å². The molecule has 0 atom stereocenters. The topological polar surface area (TPSA) is 62.6 Å². The molecule has 1 aliphatic heterocycles. The van der Waals surface area contributed by atoms with Crippen molar-refractivity contribution in [2.75, 3.05) is 43.5 Å². The number of ether oxygens (including phenoxy) is 1. The van der Waals surface area contributed by atoms with Gasteiger partial charge in [-0.25, -0.2) is 9.78 Å². The summed E-state index contributed by atoms with van der Waals surface area (Å²) in [6.07, 6.45) is 0. The van der Waals surface area contributed by atoms with E-state index in [1.807, 2.05) is 41.3 Å². The van der Waals surface area contributed by atoms with Crippen LogP contribution in [0.1, 0.15) is 5.56 Å². The molecule has 0 spiro atoms. The molecule has 5 rings (SSSR count). The predicted molar refractivity (Wildman–Crippen MR) is 131 cm³/mol. The Bertz CT molecular complexity index is 1250. The highest BCUT2D eigenvalue weighted by Gasteiger charge is 2.25. The van der Waals surface area contributed by atoms with Gasteiger partial charge in [-0.05, 0) is 29.8 Å². The summed E-state index contributed by atoms with van der Waals surface area (Å²) in [5, 5.41) is 2.97. The standard InChI is InChI=1S/C26H27N5O2/c1-33-22-11-7-10-21(18-22)27-26(32)30-16-14-29(15-17-30)25-28-23-12-5-6-13-24(23)31(25)19-20-8-3-2-4-9-20/h2-13,18H,14-17,19H2,1H3,(H,27,32). The normalized spacial score (nSPS) is 13.8. The lowest BCUT2D eigenvalue weighted by atomic mass is 10.2. The molecule has 3 aromatic carbocycles. The predicted octanol–water partition coefficient (Wildman–Crippen LogP) is 4.45. The highest BCUT2D eigenvalue weighted by Crippen LogP contribution is 2.25. The maximum absolute atomic E-state index is 12.8. The van der Waals surface area contributed by atoms with Gasteiger partial charge in [0.2, 0.25) is 5.95 Å². The number of imidazole rings is 1. The first-order valence-corrected chi connectivity index (χ1v) is 11.2. The van der Waals surface area contributed by atoms with E-state index in [0.717, 1.165) is 48.1 Å². The number of hydrogen-bond acceptors (Lipinski definition) is 4.